The number of carbonyl (C=O) groups excluding carboxylic acids is 3. The molecule has 0 atom stereocenters. The number of piperidine rings is 1. The first-order valence-corrected chi connectivity index (χ1v) is 10.8. The summed E-state index contributed by atoms with van der Waals surface area (Å²) in [6.45, 7) is 6.78. The van der Waals surface area contributed by atoms with Crippen LogP contribution < -0.4 is 10.6 Å². The molecule has 6 heteroatoms. The van der Waals surface area contributed by atoms with Gasteiger partial charge in [0.25, 0.3) is 5.91 Å². The van der Waals surface area contributed by atoms with E-state index in [0.717, 1.165) is 12.8 Å². The molecule has 3 rings (SSSR count). The lowest BCUT2D eigenvalue weighted by Gasteiger charge is -2.32. The highest BCUT2D eigenvalue weighted by atomic mass is 16.2. The molecule has 0 aromatic heterocycles. The molecule has 0 spiro atoms. The standard InChI is InChI=1S/C23H33N3O3/c1-23(2,3)22(29)25-19-10-8-17(9-11-19)21(28)26-14-12-16(13-15-26)20(27)24-18-6-4-5-7-18/h8-11,16,18H,4-7,12-15H2,1-3H3,(H,24,27)(H,25,29). The minimum absolute atomic E-state index is 0.00892. The van der Waals surface area contributed by atoms with Gasteiger partial charge in [-0.15, -0.1) is 0 Å². The summed E-state index contributed by atoms with van der Waals surface area (Å²) >= 11 is 0. The van der Waals surface area contributed by atoms with Crippen LogP contribution in [0, 0.1) is 11.3 Å². The lowest BCUT2D eigenvalue weighted by Crippen LogP contribution is -2.44. The Morgan fingerprint density at radius 2 is 1.52 bits per heavy atom. The topological polar surface area (TPSA) is 78.5 Å². The van der Waals surface area contributed by atoms with Gasteiger partial charge >= 0.3 is 0 Å². The van der Waals surface area contributed by atoms with Gasteiger partial charge in [-0.1, -0.05) is 33.6 Å². The number of anilines is 1. The largest absolute Gasteiger partial charge is 0.353 e. The van der Waals surface area contributed by atoms with Crippen LogP contribution in [0.25, 0.3) is 0 Å². The number of nitrogens with zero attached hydrogens (tertiary/aromatic N) is 1. The number of hydrogen-bond acceptors (Lipinski definition) is 3. The Morgan fingerprint density at radius 3 is 2.07 bits per heavy atom. The fourth-order valence-electron chi connectivity index (χ4n) is 3.93. The third kappa shape index (κ3) is 5.58. The van der Waals surface area contributed by atoms with E-state index in [4.69, 9.17) is 0 Å². The Labute approximate surface area is 173 Å². The fraction of sp³-hybridized carbons (Fsp3) is 0.609. The third-order valence-corrected chi connectivity index (χ3v) is 5.93. The maximum absolute atomic E-state index is 12.8. The van der Waals surface area contributed by atoms with Gasteiger partial charge < -0.3 is 15.5 Å². The zero-order valence-corrected chi connectivity index (χ0v) is 17.8. The number of amides is 3. The molecule has 3 amide bonds. The van der Waals surface area contributed by atoms with Crippen molar-refractivity contribution in [3.63, 3.8) is 0 Å². The normalized spacial score (nSPS) is 18.5. The molecule has 1 aliphatic carbocycles. The van der Waals surface area contributed by atoms with E-state index in [1.54, 1.807) is 24.3 Å². The Kier molecular flexibility index (Phi) is 6.60. The number of carbonyl (C=O) groups is 3. The first kappa shape index (κ1) is 21.3. The molecule has 1 heterocycles. The van der Waals surface area contributed by atoms with Crippen molar-refractivity contribution < 1.29 is 14.4 Å². The Hall–Kier alpha value is -2.37. The van der Waals surface area contributed by atoms with Crippen LogP contribution in [0.1, 0.15) is 69.7 Å². The summed E-state index contributed by atoms with van der Waals surface area (Å²) in [6.07, 6.45) is 6.02. The molecule has 2 N–H and O–H groups in total. The van der Waals surface area contributed by atoms with Crippen molar-refractivity contribution in [1.29, 1.82) is 0 Å². The molecule has 0 radical (unpaired) electrons. The predicted molar refractivity (Wildman–Crippen MR) is 114 cm³/mol. The molecular formula is C23H33N3O3. The van der Waals surface area contributed by atoms with Gasteiger partial charge in [0.2, 0.25) is 11.8 Å². The first-order chi connectivity index (χ1) is 13.7. The third-order valence-electron chi connectivity index (χ3n) is 5.93. The number of likely N-dealkylation sites (tertiary alicyclic amines) is 1. The van der Waals surface area contributed by atoms with Crippen molar-refractivity contribution >= 4 is 23.4 Å². The van der Waals surface area contributed by atoms with E-state index < -0.39 is 5.41 Å². The Balaban J connectivity index is 1.50. The van der Waals surface area contributed by atoms with Crippen molar-refractivity contribution in [3.05, 3.63) is 29.8 Å². The molecule has 1 aromatic rings. The van der Waals surface area contributed by atoms with Crippen LogP contribution >= 0.6 is 0 Å². The summed E-state index contributed by atoms with van der Waals surface area (Å²) in [5.74, 6) is 0.0838. The van der Waals surface area contributed by atoms with Gasteiger partial charge in [-0.05, 0) is 49.9 Å². The molecule has 2 fully saturated rings. The molecule has 0 bridgehead atoms. The molecule has 158 valence electrons. The molecule has 29 heavy (non-hydrogen) atoms. The van der Waals surface area contributed by atoms with Crippen molar-refractivity contribution in [2.45, 2.75) is 65.3 Å². The van der Waals surface area contributed by atoms with E-state index in [9.17, 15) is 14.4 Å². The lowest BCUT2D eigenvalue weighted by molar-refractivity contribution is -0.127. The second kappa shape index (κ2) is 8.97. The quantitative estimate of drug-likeness (QED) is 0.812. The minimum atomic E-state index is -0.469. The zero-order chi connectivity index (χ0) is 21.0. The van der Waals surface area contributed by atoms with Gasteiger partial charge in [0.15, 0.2) is 0 Å². The summed E-state index contributed by atoms with van der Waals surface area (Å²) in [5, 5.41) is 6.05. The first-order valence-electron chi connectivity index (χ1n) is 10.8. The van der Waals surface area contributed by atoms with Gasteiger partial charge in [-0.3, -0.25) is 14.4 Å². The maximum Gasteiger partial charge on any atom is 0.253 e. The highest BCUT2D eigenvalue weighted by Crippen LogP contribution is 2.23. The van der Waals surface area contributed by atoms with Gasteiger partial charge in [-0.25, -0.2) is 0 Å². The van der Waals surface area contributed by atoms with Crippen molar-refractivity contribution in [3.8, 4) is 0 Å². The van der Waals surface area contributed by atoms with Crippen LogP contribution in [-0.2, 0) is 9.59 Å². The molecule has 1 aromatic carbocycles. The van der Waals surface area contributed by atoms with Gasteiger partial charge in [0, 0.05) is 41.7 Å². The highest BCUT2D eigenvalue weighted by Gasteiger charge is 2.29. The molecular weight excluding hydrogens is 366 g/mol. The van der Waals surface area contributed by atoms with Crippen LogP contribution in [0.2, 0.25) is 0 Å². The van der Waals surface area contributed by atoms with Crippen molar-refractivity contribution in [2.75, 3.05) is 18.4 Å². The predicted octanol–water partition coefficient (Wildman–Crippen LogP) is 3.58. The van der Waals surface area contributed by atoms with E-state index >= 15 is 0 Å². The van der Waals surface area contributed by atoms with Gasteiger partial charge in [0.05, 0.1) is 0 Å². The van der Waals surface area contributed by atoms with E-state index in [2.05, 4.69) is 10.6 Å². The van der Waals surface area contributed by atoms with E-state index in [1.807, 2.05) is 25.7 Å². The molecule has 2 aliphatic rings. The molecule has 1 saturated carbocycles. The Morgan fingerprint density at radius 1 is 0.931 bits per heavy atom. The van der Waals surface area contributed by atoms with E-state index in [1.165, 1.54) is 12.8 Å². The smallest absolute Gasteiger partial charge is 0.253 e. The van der Waals surface area contributed by atoms with Crippen LogP contribution in [0.15, 0.2) is 24.3 Å². The van der Waals surface area contributed by atoms with Crippen LogP contribution in [0.3, 0.4) is 0 Å². The summed E-state index contributed by atoms with van der Waals surface area (Å²) < 4.78 is 0. The van der Waals surface area contributed by atoms with Gasteiger partial charge in [-0.2, -0.15) is 0 Å². The SMILES string of the molecule is CC(C)(C)C(=O)Nc1ccc(C(=O)N2CCC(C(=O)NC3CCCC3)CC2)cc1. The number of nitrogens with one attached hydrogen (secondary N) is 2. The summed E-state index contributed by atoms with van der Waals surface area (Å²) in [5.41, 5.74) is 0.819. The van der Waals surface area contributed by atoms with E-state index in [0.29, 0.717) is 43.2 Å². The second-order valence-corrected chi connectivity index (χ2v) is 9.34. The second-order valence-electron chi connectivity index (χ2n) is 9.34. The van der Waals surface area contributed by atoms with Crippen molar-refractivity contribution in [2.24, 2.45) is 11.3 Å². The minimum Gasteiger partial charge on any atom is -0.353 e. The molecule has 0 unspecified atom stereocenters. The summed E-state index contributed by atoms with van der Waals surface area (Å²) in [7, 11) is 0. The van der Waals surface area contributed by atoms with Crippen LogP contribution in [-0.4, -0.2) is 41.8 Å². The monoisotopic (exact) mass is 399 g/mol. The highest BCUT2D eigenvalue weighted by molar-refractivity contribution is 5.97. The van der Waals surface area contributed by atoms with Gasteiger partial charge in [0.1, 0.15) is 0 Å². The summed E-state index contributed by atoms with van der Waals surface area (Å²) in [6, 6.07) is 7.37. The number of rotatable bonds is 4. The maximum atomic E-state index is 12.8. The van der Waals surface area contributed by atoms with Crippen molar-refractivity contribution in [1.82, 2.24) is 10.2 Å². The zero-order valence-electron chi connectivity index (χ0n) is 17.8. The number of hydrogen-bond donors (Lipinski definition) is 2. The summed E-state index contributed by atoms with van der Waals surface area (Å²) in [4.78, 5) is 39.1. The molecule has 1 aliphatic heterocycles. The van der Waals surface area contributed by atoms with Crippen LogP contribution in [0.5, 0.6) is 0 Å². The average molecular weight is 400 g/mol. The number of benzene rings is 1. The lowest BCUT2D eigenvalue weighted by atomic mass is 9.95. The fourth-order valence-corrected chi connectivity index (χ4v) is 3.93. The van der Waals surface area contributed by atoms with E-state index in [-0.39, 0.29) is 23.6 Å². The Bertz CT molecular complexity index is 738. The van der Waals surface area contributed by atoms with Crippen LogP contribution in [0.4, 0.5) is 5.69 Å². The average Bonchev–Trinajstić information content (AvgIpc) is 3.20. The molecule has 6 nitrogen and oxygen atoms in total. The molecule has 1 saturated heterocycles.